The van der Waals surface area contributed by atoms with E-state index in [-0.39, 0.29) is 17.1 Å². The molecule has 4 atom stereocenters. The van der Waals surface area contributed by atoms with Crippen LogP contribution in [0.1, 0.15) is 11.8 Å². The summed E-state index contributed by atoms with van der Waals surface area (Å²) < 4.78 is 7.06. The van der Waals surface area contributed by atoms with Crippen LogP contribution in [0.2, 0.25) is 0 Å². The Bertz CT molecular complexity index is 2160. The van der Waals surface area contributed by atoms with Crippen molar-refractivity contribution in [2.45, 2.75) is 31.1 Å². The van der Waals surface area contributed by atoms with Gasteiger partial charge in [0.1, 0.15) is 18.3 Å². The Morgan fingerprint density at radius 1 is 0.878 bits per heavy atom. The van der Waals surface area contributed by atoms with Gasteiger partial charge in [-0.3, -0.25) is 14.3 Å². The third kappa shape index (κ3) is 3.49. The lowest BCUT2D eigenvalue weighted by Crippen LogP contribution is -2.33. The molecule has 7 aromatic rings. The summed E-state index contributed by atoms with van der Waals surface area (Å²) in [6.45, 7) is -0.0828. The van der Waals surface area contributed by atoms with Gasteiger partial charge in [-0.15, -0.1) is 0 Å². The predicted octanol–water partition coefficient (Wildman–Crippen LogP) is 3.39. The van der Waals surface area contributed by atoms with Gasteiger partial charge in [-0.05, 0) is 48.7 Å². The Kier molecular flexibility index (Phi) is 5.28. The molecule has 0 saturated carbocycles. The Morgan fingerprint density at radius 2 is 1.63 bits per heavy atom. The summed E-state index contributed by atoms with van der Waals surface area (Å²) in [5, 5.41) is 42.9. The standard InChI is InChI=1S/C31H25N5O5/c37-13-22-26(38)27(39)30(41-22)36-14-33-25-28(36)34-31(35-29(25)40)32-12-21-18-7-2-1-6-17(18)19-10-8-15-4-3-5-16-9-11-20(21)24(19)23(15)16/h1-11,14,22,26-27,30,37-39H,12-13H2,(H2,32,34,35,40)/t22-,26-,27-,30-/m1/s1. The summed E-state index contributed by atoms with van der Waals surface area (Å²) in [7, 11) is 0. The number of hydrogen-bond acceptors (Lipinski definition) is 8. The molecule has 0 spiro atoms. The fourth-order valence-electron chi connectivity index (χ4n) is 6.35. The van der Waals surface area contributed by atoms with Gasteiger partial charge < -0.3 is 25.4 Å². The Morgan fingerprint density at radius 3 is 2.39 bits per heavy atom. The number of rotatable bonds is 5. The first-order valence-electron chi connectivity index (χ1n) is 13.4. The van der Waals surface area contributed by atoms with Gasteiger partial charge in [-0.25, -0.2) is 4.98 Å². The zero-order valence-corrected chi connectivity index (χ0v) is 21.7. The van der Waals surface area contributed by atoms with Crippen molar-refractivity contribution in [2.24, 2.45) is 0 Å². The van der Waals surface area contributed by atoms with Crippen LogP contribution in [0.3, 0.4) is 0 Å². The number of nitrogens with zero attached hydrogens (tertiary/aromatic N) is 3. The second kappa shape index (κ2) is 8.95. The summed E-state index contributed by atoms with van der Waals surface area (Å²) in [4.78, 5) is 24.5. The van der Waals surface area contributed by atoms with Gasteiger partial charge in [0.25, 0.3) is 5.56 Å². The van der Waals surface area contributed by atoms with E-state index in [4.69, 9.17) is 4.74 Å². The SMILES string of the molecule is O=c1[nH]c(NCc2c3ccccc3c3ccc4cccc5ccc2c3c54)nc2c1ncn2[C@@H]1O[C@H](CO)[C@@H](O)[C@H]1O. The highest BCUT2D eigenvalue weighted by Crippen LogP contribution is 2.41. The highest BCUT2D eigenvalue weighted by molar-refractivity contribution is 6.30. The number of aromatic nitrogens is 4. The van der Waals surface area contributed by atoms with Gasteiger partial charge in [0.15, 0.2) is 17.4 Å². The molecule has 1 aliphatic rings. The van der Waals surface area contributed by atoms with Crippen LogP contribution in [-0.2, 0) is 11.3 Å². The number of aromatic amines is 1. The van der Waals surface area contributed by atoms with Crippen molar-refractivity contribution in [2.75, 3.05) is 11.9 Å². The van der Waals surface area contributed by atoms with Crippen LogP contribution in [0.4, 0.5) is 5.95 Å². The predicted molar refractivity (Wildman–Crippen MR) is 156 cm³/mol. The van der Waals surface area contributed by atoms with Gasteiger partial charge in [-0.2, -0.15) is 4.98 Å². The Hall–Kier alpha value is -4.61. The van der Waals surface area contributed by atoms with Crippen molar-refractivity contribution < 1.29 is 20.1 Å². The maximum Gasteiger partial charge on any atom is 0.280 e. The van der Waals surface area contributed by atoms with Crippen molar-refractivity contribution in [3.63, 3.8) is 0 Å². The molecule has 204 valence electrons. The van der Waals surface area contributed by atoms with Crippen LogP contribution < -0.4 is 10.9 Å². The van der Waals surface area contributed by atoms with Gasteiger partial charge in [0, 0.05) is 6.54 Å². The number of ether oxygens (including phenoxy) is 1. The number of hydrogen-bond donors (Lipinski definition) is 5. The molecular formula is C31H25N5O5. The molecule has 2 aromatic heterocycles. The summed E-state index contributed by atoms with van der Waals surface area (Å²) >= 11 is 0. The van der Waals surface area contributed by atoms with E-state index in [9.17, 15) is 20.1 Å². The molecule has 1 saturated heterocycles. The maximum absolute atomic E-state index is 13.0. The van der Waals surface area contributed by atoms with Crippen LogP contribution in [-0.4, -0.2) is 59.8 Å². The van der Waals surface area contributed by atoms with E-state index < -0.39 is 36.7 Å². The van der Waals surface area contributed by atoms with E-state index in [2.05, 4.69) is 74.9 Å². The topological polar surface area (TPSA) is 146 Å². The molecule has 1 fully saturated rings. The van der Waals surface area contributed by atoms with E-state index in [1.165, 1.54) is 37.8 Å². The van der Waals surface area contributed by atoms with E-state index in [0.717, 1.165) is 21.7 Å². The minimum Gasteiger partial charge on any atom is -0.394 e. The monoisotopic (exact) mass is 547 g/mol. The number of aliphatic hydroxyl groups is 3. The first kappa shape index (κ1) is 24.2. The first-order valence-corrected chi connectivity index (χ1v) is 13.4. The van der Waals surface area contributed by atoms with Crippen LogP contribution in [0.15, 0.2) is 77.9 Å². The number of anilines is 1. The fraction of sp³-hybridized carbons (Fsp3) is 0.194. The molecule has 0 amide bonds. The van der Waals surface area contributed by atoms with E-state index in [1.54, 1.807) is 0 Å². The maximum atomic E-state index is 13.0. The second-order valence-corrected chi connectivity index (χ2v) is 10.5. The third-order valence-electron chi connectivity index (χ3n) is 8.30. The van der Waals surface area contributed by atoms with Crippen molar-refractivity contribution >= 4 is 60.2 Å². The van der Waals surface area contributed by atoms with E-state index in [1.807, 2.05) is 12.1 Å². The quantitative estimate of drug-likeness (QED) is 0.163. The van der Waals surface area contributed by atoms with Crippen molar-refractivity contribution in [1.82, 2.24) is 19.5 Å². The van der Waals surface area contributed by atoms with Gasteiger partial charge in [0.2, 0.25) is 5.95 Å². The third-order valence-corrected chi connectivity index (χ3v) is 8.30. The van der Waals surface area contributed by atoms with Gasteiger partial charge in [0.05, 0.1) is 12.9 Å². The van der Waals surface area contributed by atoms with Crippen LogP contribution in [0, 0.1) is 0 Å². The van der Waals surface area contributed by atoms with Gasteiger partial charge in [-0.1, -0.05) is 66.7 Å². The first-order chi connectivity index (χ1) is 20.0. The molecule has 5 aromatic carbocycles. The second-order valence-electron chi connectivity index (χ2n) is 10.5. The van der Waals surface area contributed by atoms with E-state index in [0.29, 0.717) is 6.54 Å². The van der Waals surface area contributed by atoms with E-state index >= 15 is 0 Å². The highest BCUT2D eigenvalue weighted by Gasteiger charge is 2.44. The van der Waals surface area contributed by atoms with Gasteiger partial charge >= 0.3 is 0 Å². The highest BCUT2D eigenvalue weighted by atomic mass is 16.6. The smallest absolute Gasteiger partial charge is 0.280 e. The molecule has 0 radical (unpaired) electrons. The number of nitrogens with one attached hydrogen (secondary N) is 2. The molecule has 1 aliphatic heterocycles. The number of fused-ring (bicyclic) bond motifs is 3. The minimum absolute atomic E-state index is 0.0708. The normalized spacial score (nSPS) is 21.2. The lowest BCUT2D eigenvalue weighted by molar-refractivity contribution is -0.0511. The summed E-state index contributed by atoms with van der Waals surface area (Å²) in [6, 6.07) is 23.3. The molecule has 0 bridgehead atoms. The Labute approximate surface area is 231 Å². The van der Waals surface area contributed by atoms with Crippen molar-refractivity contribution in [3.8, 4) is 0 Å². The molecular weight excluding hydrogens is 522 g/mol. The summed E-state index contributed by atoms with van der Waals surface area (Å²) in [6.07, 6.45) is -3.30. The average Bonchev–Trinajstić information content (AvgIpc) is 3.55. The lowest BCUT2D eigenvalue weighted by atomic mass is 9.88. The lowest BCUT2D eigenvalue weighted by Gasteiger charge is -2.18. The molecule has 41 heavy (non-hydrogen) atoms. The number of benzene rings is 5. The molecule has 3 heterocycles. The zero-order chi connectivity index (χ0) is 27.8. The van der Waals surface area contributed by atoms with Crippen molar-refractivity contribution in [3.05, 3.63) is 89.0 Å². The molecule has 0 aliphatic carbocycles. The minimum atomic E-state index is -1.33. The van der Waals surface area contributed by atoms with Crippen LogP contribution >= 0.6 is 0 Å². The number of imidazole rings is 1. The number of aliphatic hydroxyl groups excluding tert-OH is 3. The van der Waals surface area contributed by atoms with Crippen LogP contribution in [0.5, 0.6) is 0 Å². The molecule has 8 rings (SSSR count). The van der Waals surface area contributed by atoms with Crippen LogP contribution in [0.25, 0.3) is 54.3 Å². The fourth-order valence-corrected chi connectivity index (χ4v) is 6.35. The molecule has 10 nitrogen and oxygen atoms in total. The zero-order valence-electron chi connectivity index (χ0n) is 21.7. The average molecular weight is 548 g/mol. The molecule has 10 heteroatoms. The Balaban J connectivity index is 1.25. The summed E-state index contributed by atoms with van der Waals surface area (Å²) in [5.41, 5.74) is 0.877. The summed E-state index contributed by atoms with van der Waals surface area (Å²) in [5.74, 6) is 0.228. The molecule has 5 N–H and O–H groups in total. The molecule has 0 unspecified atom stereocenters. The largest absolute Gasteiger partial charge is 0.394 e. The number of H-pyrrole nitrogens is 1. The van der Waals surface area contributed by atoms with Crippen molar-refractivity contribution in [1.29, 1.82) is 0 Å².